The second-order valence-electron chi connectivity index (χ2n) is 5.76. The number of carbonyl (C=O) groups is 3. The lowest BCUT2D eigenvalue weighted by molar-refractivity contribution is -0.123. The first-order valence-electron chi connectivity index (χ1n) is 8.16. The highest BCUT2D eigenvalue weighted by atomic mass is 16.6. The summed E-state index contributed by atoms with van der Waals surface area (Å²) in [5, 5.41) is 4.99. The monoisotopic (exact) mass is 371 g/mol. The van der Waals surface area contributed by atoms with Gasteiger partial charge >= 0.3 is 6.09 Å². The number of aryl methyl sites for hydroxylation is 1. The number of nitrogens with one attached hydrogen (secondary N) is 2. The molecule has 142 valence electrons. The van der Waals surface area contributed by atoms with Crippen molar-refractivity contribution < 1.29 is 23.9 Å². The third-order valence-corrected chi connectivity index (χ3v) is 3.58. The fourth-order valence-corrected chi connectivity index (χ4v) is 2.32. The molecule has 0 aromatic heterocycles. The maximum atomic E-state index is 12.6. The van der Waals surface area contributed by atoms with Gasteiger partial charge in [-0.3, -0.25) is 9.59 Å². The van der Waals surface area contributed by atoms with E-state index in [0.29, 0.717) is 17.2 Å². The van der Waals surface area contributed by atoms with Gasteiger partial charge in [0.05, 0.1) is 19.2 Å². The van der Waals surface area contributed by atoms with E-state index in [1.807, 2.05) is 13.0 Å². The third kappa shape index (κ3) is 6.03. The molecule has 2 aromatic rings. The van der Waals surface area contributed by atoms with Crippen molar-refractivity contribution in [2.45, 2.75) is 19.4 Å². The lowest BCUT2D eigenvalue weighted by atomic mass is 10.1. The van der Waals surface area contributed by atoms with Gasteiger partial charge in [0.1, 0.15) is 17.5 Å². The summed E-state index contributed by atoms with van der Waals surface area (Å²) in [6.45, 7) is 1.85. The molecule has 0 aliphatic rings. The summed E-state index contributed by atoms with van der Waals surface area (Å²) >= 11 is 0. The molecule has 8 heteroatoms. The summed E-state index contributed by atoms with van der Waals surface area (Å²) in [5.74, 6) is -0.624. The summed E-state index contributed by atoms with van der Waals surface area (Å²) in [6, 6.07) is 12.4. The van der Waals surface area contributed by atoms with Crippen LogP contribution in [0.15, 0.2) is 48.5 Å². The molecule has 0 aliphatic carbocycles. The van der Waals surface area contributed by atoms with Gasteiger partial charge in [-0.25, -0.2) is 4.79 Å². The molecule has 0 saturated heterocycles. The first-order valence-corrected chi connectivity index (χ1v) is 8.16. The Morgan fingerprint density at radius 3 is 2.44 bits per heavy atom. The fraction of sp³-hybridized carbons (Fsp3) is 0.211. The Kier molecular flexibility index (Phi) is 6.76. The van der Waals surface area contributed by atoms with Crippen LogP contribution in [-0.2, 0) is 9.59 Å². The molecule has 0 radical (unpaired) electrons. The number of para-hydroxylation sites is 1. The van der Waals surface area contributed by atoms with Crippen LogP contribution >= 0.6 is 0 Å². The molecular formula is C19H21N3O5. The number of hydrogen-bond acceptors (Lipinski definition) is 5. The molecule has 2 rings (SSSR count). The first-order chi connectivity index (χ1) is 12.9. The molecule has 4 N–H and O–H groups in total. The van der Waals surface area contributed by atoms with Gasteiger partial charge in [-0.2, -0.15) is 0 Å². The second-order valence-corrected chi connectivity index (χ2v) is 5.76. The van der Waals surface area contributed by atoms with Crippen molar-refractivity contribution >= 4 is 23.6 Å². The zero-order valence-electron chi connectivity index (χ0n) is 15.0. The Bertz CT molecular complexity index is 823. The van der Waals surface area contributed by atoms with Crippen LogP contribution in [0.5, 0.6) is 11.5 Å². The van der Waals surface area contributed by atoms with Gasteiger partial charge in [-0.1, -0.05) is 24.3 Å². The Hall–Kier alpha value is -3.55. The minimum atomic E-state index is -1.20. The molecule has 0 saturated carbocycles. The van der Waals surface area contributed by atoms with E-state index in [9.17, 15) is 14.4 Å². The van der Waals surface area contributed by atoms with Crippen molar-refractivity contribution in [3.8, 4) is 11.5 Å². The van der Waals surface area contributed by atoms with E-state index in [4.69, 9.17) is 15.2 Å². The Morgan fingerprint density at radius 1 is 1.11 bits per heavy atom. The smallest absolute Gasteiger partial charge is 0.413 e. The molecule has 27 heavy (non-hydrogen) atoms. The summed E-state index contributed by atoms with van der Waals surface area (Å²) < 4.78 is 10.3. The van der Waals surface area contributed by atoms with Crippen LogP contribution in [0.25, 0.3) is 0 Å². The van der Waals surface area contributed by atoms with Crippen LogP contribution in [0.3, 0.4) is 0 Å². The van der Waals surface area contributed by atoms with Gasteiger partial charge in [-0.05, 0) is 36.8 Å². The van der Waals surface area contributed by atoms with Crippen LogP contribution in [-0.4, -0.2) is 31.1 Å². The van der Waals surface area contributed by atoms with Gasteiger partial charge in [-0.15, -0.1) is 0 Å². The number of benzene rings is 2. The van der Waals surface area contributed by atoms with Gasteiger partial charge in [0.25, 0.3) is 0 Å². The minimum Gasteiger partial charge on any atom is -0.495 e. The topological polar surface area (TPSA) is 120 Å². The predicted octanol–water partition coefficient (Wildman–Crippen LogP) is 1.97. The highest BCUT2D eigenvalue weighted by Gasteiger charge is 2.25. The SMILES string of the molecule is COc1ccc(C)cc1NC(=O)[C@H](CC(N)=O)NC(=O)Oc1ccccc1. The number of anilines is 1. The number of methoxy groups -OCH3 is 1. The van der Waals surface area contributed by atoms with Gasteiger partial charge in [0, 0.05) is 0 Å². The van der Waals surface area contributed by atoms with E-state index in [0.717, 1.165) is 5.56 Å². The number of rotatable bonds is 7. The molecule has 2 aromatic carbocycles. The molecule has 0 fully saturated rings. The summed E-state index contributed by atoms with van der Waals surface area (Å²) in [6.07, 6.45) is -1.26. The molecule has 0 bridgehead atoms. The summed E-state index contributed by atoms with van der Waals surface area (Å²) in [4.78, 5) is 35.9. The highest BCUT2D eigenvalue weighted by molar-refractivity contribution is 6.00. The summed E-state index contributed by atoms with van der Waals surface area (Å²) in [5.41, 5.74) is 6.51. The van der Waals surface area contributed by atoms with Crippen LogP contribution < -0.4 is 25.8 Å². The molecule has 1 atom stereocenters. The number of nitrogens with two attached hydrogens (primary N) is 1. The Balaban J connectivity index is 2.10. The maximum Gasteiger partial charge on any atom is 0.413 e. The second kappa shape index (κ2) is 9.23. The first kappa shape index (κ1) is 19.8. The normalized spacial score (nSPS) is 11.2. The van der Waals surface area contributed by atoms with Crippen molar-refractivity contribution in [2.75, 3.05) is 12.4 Å². The number of amides is 3. The van der Waals surface area contributed by atoms with E-state index in [1.54, 1.807) is 42.5 Å². The number of hydrogen-bond donors (Lipinski definition) is 3. The lowest BCUT2D eigenvalue weighted by Crippen LogP contribution is -2.47. The quantitative estimate of drug-likeness (QED) is 0.687. The Labute approximate surface area is 156 Å². The van der Waals surface area contributed by atoms with E-state index in [2.05, 4.69) is 10.6 Å². The van der Waals surface area contributed by atoms with Gasteiger partial charge in [0.15, 0.2) is 0 Å². The third-order valence-electron chi connectivity index (χ3n) is 3.58. The van der Waals surface area contributed by atoms with Crippen molar-refractivity contribution in [3.63, 3.8) is 0 Å². The highest BCUT2D eigenvalue weighted by Crippen LogP contribution is 2.25. The van der Waals surface area contributed by atoms with Crippen molar-refractivity contribution in [1.82, 2.24) is 5.32 Å². The number of ether oxygens (including phenoxy) is 2. The number of carbonyl (C=O) groups excluding carboxylic acids is 3. The molecule has 0 heterocycles. The summed E-state index contributed by atoms with van der Waals surface area (Å²) in [7, 11) is 1.47. The molecule has 0 spiro atoms. The van der Waals surface area contributed by atoms with Crippen molar-refractivity contribution in [1.29, 1.82) is 0 Å². The largest absolute Gasteiger partial charge is 0.495 e. The van der Waals surface area contributed by atoms with E-state index in [1.165, 1.54) is 7.11 Å². The predicted molar refractivity (Wildman–Crippen MR) is 99.6 cm³/mol. The minimum absolute atomic E-state index is 0.300. The van der Waals surface area contributed by atoms with Crippen LogP contribution in [0.2, 0.25) is 0 Å². The van der Waals surface area contributed by atoms with E-state index in [-0.39, 0.29) is 6.42 Å². The van der Waals surface area contributed by atoms with Crippen LogP contribution in [0.1, 0.15) is 12.0 Å². The lowest BCUT2D eigenvalue weighted by Gasteiger charge is -2.18. The molecular weight excluding hydrogens is 350 g/mol. The standard InChI is InChI=1S/C19H21N3O5/c1-12-8-9-16(26-2)14(10-12)21-18(24)15(11-17(20)23)22-19(25)27-13-6-4-3-5-7-13/h3-10,15H,11H2,1-2H3,(H2,20,23)(H,21,24)(H,22,25)/t15-/m0/s1. The van der Waals surface area contributed by atoms with Gasteiger partial charge in [0.2, 0.25) is 11.8 Å². The van der Waals surface area contributed by atoms with E-state index < -0.39 is 23.9 Å². The van der Waals surface area contributed by atoms with Crippen LogP contribution in [0, 0.1) is 6.92 Å². The van der Waals surface area contributed by atoms with E-state index >= 15 is 0 Å². The molecule has 0 aliphatic heterocycles. The maximum absolute atomic E-state index is 12.6. The zero-order chi connectivity index (χ0) is 19.8. The molecule has 3 amide bonds. The molecule has 8 nitrogen and oxygen atoms in total. The van der Waals surface area contributed by atoms with Crippen molar-refractivity contribution in [2.24, 2.45) is 5.73 Å². The van der Waals surface area contributed by atoms with Crippen LogP contribution in [0.4, 0.5) is 10.5 Å². The fourth-order valence-electron chi connectivity index (χ4n) is 2.32. The Morgan fingerprint density at radius 2 is 1.81 bits per heavy atom. The average molecular weight is 371 g/mol. The van der Waals surface area contributed by atoms with Crippen molar-refractivity contribution in [3.05, 3.63) is 54.1 Å². The number of primary amides is 1. The zero-order valence-corrected chi connectivity index (χ0v) is 15.0. The average Bonchev–Trinajstić information content (AvgIpc) is 2.61. The molecule has 0 unspecified atom stereocenters. The van der Waals surface area contributed by atoms with Gasteiger partial charge < -0.3 is 25.8 Å².